The lowest BCUT2D eigenvalue weighted by Gasteiger charge is -2.35. The quantitative estimate of drug-likeness (QED) is 0.484. The molecule has 3 N–H and O–H groups in total. The Morgan fingerprint density at radius 1 is 1.21 bits per heavy atom. The zero-order valence-electron chi connectivity index (χ0n) is 18.2. The molecule has 1 saturated carbocycles. The predicted octanol–water partition coefficient (Wildman–Crippen LogP) is 4.05. The van der Waals surface area contributed by atoms with Gasteiger partial charge in [0.15, 0.2) is 0 Å². The summed E-state index contributed by atoms with van der Waals surface area (Å²) in [6, 6.07) is 12.9. The minimum Gasteiger partial charge on any atom is -0.491 e. The van der Waals surface area contributed by atoms with Crippen LogP contribution in [0.2, 0.25) is 5.02 Å². The summed E-state index contributed by atoms with van der Waals surface area (Å²) in [5, 5.41) is 20.2. The van der Waals surface area contributed by atoms with Crippen molar-refractivity contribution in [1.82, 2.24) is 9.88 Å². The summed E-state index contributed by atoms with van der Waals surface area (Å²) in [5.74, 6) is 1.07. The first-order valence-corrected chi connectivity index (χ1v) is 11.7. The zero-order valence-corrected chi connectivity index (χ0v) is 18.9. The van der Waals surface area contributed by atoms with Crippen LogP contribution >= 0.6 is 11.6 Å². The highest BCUT2D eigenvalue weighted by atomic mass is 35.5. The topological polar surface area (TPSA) is 95.0 Å². The van der Waals surface area contributed by atoms with Gasteiger partial charge in [-0.25, -0.2) is 4.79 Å². The Morgan fingerprint density at radius 2 is 2.00 bits per heavy atom. The molecule has 2 atom stereocenters. The number of aromatic amines is 1. The van der Waals surface area contributed by atoms with Gasteiger partial charge in [0.2, 0.25) is 0 Å². The maximum absolute atomic E-state index is 13.1. The largest absolute Gasteiger partial charge is 0.491 e. The average molecular weight is 471 g/mol. The molecule has 2 heterocycles. The first-order chi connectivity index (χ1) is 16.0. The van der Waals surface area contributed by atoms with Gasteiger partial charge in [-0.15, -0.1) is 0 Å². The van der Waals surface area contributed by atoms with E-state index in [2.05, 4.69) is 4.98 Å². The summed E-state index contributed by atoms with van der Waals surface area (Å²) in [6.07, 6.45) is 1.72. The first-order valence-electron chi connectivity index (χ1n) is 11.3. The van der Waals surface area contributed by atoms with E-state index in [1.54, 1.807) is 17.0 Å². The second-order valence-corrected chi connectivity index (χ2v) is 9.23. The third-order valence-electron chi connectivity index (χ3n) is 6.31. The van der Waals surface area contributed by atoms with E-state index in [0.717, 1.165) is 40.6 Å². The summed E-state index contributed by atoms with van der Waals surface area (Å²) in [7, 11) is 0. The van der Waals surface area contributed by atoms with Crippen LogP contribution in [-0.2, 0) is 11.2 Å². The third kappa shape index (κ3) is 4.67. The van der Waals surface area contributed by atoms with Gasteiger partial charge in [0.05, 0.1) is 13.2 Å². The van der Waals surface area contributed by atoms with Crippen LogP contribution in [0.3, 0.4) is 0 Å². The first kappa shape index (κ1) is 22.1. The van der Waals surface area contributed by atoms with E-state index in [-0.39, 0.29) is 25.3 Å². The minimum absolute atomic E-state index is 0.00577. The molecule has 33 heavy (non-hydrogen) atoms. The molecule has 5 rings (SSSR count). The summed E-state index contributed by atoms with van der Waals surface area (Å²) in [4.78, 5) is 18.4. The highest BCUT2D eigenvalue weighted by Crippen LogP contribution is 2.40. The molecule has 1 amide bonds. The normalized spacial score (nSPS) is 18.8. The van der Waals surface area contributed by atoms with E-state index in [0.29, 0.717) is 36.3 Å². The number of carbonyl (C=O) groups excluding carboxylic acids is 1. The number of aliphatic hydroxyl groups excluding tert-OH is 2. The molecule has 0 unspecified atom stereocenters. The molecule has 0 spiro atoms. The van der Waals surface area contributed by atoms with Crippen molar-refractivity contribution in [2.24, 2.45) is 5.92 Å². The fourth-order valence-corrected chi connectivity index (χ4v) is 4.52. The number of hydrogen-bond acceptors (Lipinski definition) is 5. The Bertz CT molecular complexity index is 1140. The minimum atomic E-state index is -0.930. The number of H-pyrrole nitrogens is 1. The van der Waals surface area contributed by atoms with Crippen molar-refractivity contribution in [3.8, 4) is 5.75 Å². The van der Waals surface area contributed by atoms with Crippen LogP contribution in [-0.4, -0.2) is 58.7 Å². The number of benzene rings is 2. The van der Waals surface area contributed by atoms with Crippen molar-refractivity contribution in [3.05, 3.63) is 64.3 Å². The molecule has 174 valence electrons. The average Bonchev–Trinajstić information content (AvgIpc) is 3.60. The van der Waals surface area contributed by atoms with Crippen LogP contribution < -0.4 is 4.74 Å². The molecule has 1 fully saturated rings. The molecule has 1 aliphatic heterocycles. The molecular weight excluding hydrogens is 444 g/mol. The third-order valence-corrected chi connectivity index (χ3v) is 6.55. The second-order valence-electron chi connectivity index (χ2n) is 8.79. The van der Waals surface area contributed by atoms with Crippen molar-refractivity contribution in [1.29, 1.82) is 0 Å². The highest BCUT2D eigenvalue weighted by Gasteiger charge is 2.36. The fraction of sp³-hybridized carbons (Fsp3) is 0.400. The monoisotopic (exact) mass is 470 g/mol. The lowest BCUT2D eigenvalue weighted by molar-refractivity contribution is 0.0536. The van der Waals surface area contributed by atoms with Crippen LogP contribution in [0.1, 0.15) is 35.7 Å². The smallest absolute Gasteiger partial charge is 0.410 e. The maximum Gasteiger partial charge on any atom is 0.410 e. The summed E-state index contributed by atoms with van der Waals surface area (Å²) < 4.78 is 11.2. The van der Waals surface area contributed by atoms with Gasteiger partial charge in [-0.1, -0.05) is 23.7 Å². The Labute approximate surface area is 196 Å². The second kappa shape index (κ2) is 9.25. The van der Waals surface area contributed by atoms with E-state index in [1.807, 2.05) is 30.3 Å². The number of ether oxygens (including phenoxy) is 2. The van der Waals surface area contributed by atoms with Crippen LogP contribution in [0.15, 0.2) is 42.5 Å². The summed E-state index contributed by atoms with van der Waals surface area (Å²) >= 11 is 6.26. The fourth-order valence-electron chi connectivity index (χ4n) is 4.35. The molecule has 0 saturated heterocycles. The van der Waals surface area contributed by atoms with Gasteiger partial charge >= 0.3 is 6.09 Å². The molecule has 1 aromatic heterocycles. The summed E-state index contributed by atoms with van der Waals surface area (Å²) in [5.41, 5.74) is 4.04. The number of rotatable bonds is 7. The Balaban J connectivity index is 1.47. The number of nitrogens with one attached hydrogen (secondary N) is 1. The van der Waals surface area contributed by atoms with Gasteiger partial charge in [-0.3, -0.25) is 4.90 Å². The molecule has 0 bridgehead atoms. The lowest BCUT2D eigenvalue weighted by atomic mass is 9.92. The molecule has 2 aliphatic rings. The number of carbonyl (C=O) groups is 1. The van der Waals surface area contributed by atoms with Gasteiger partial charge in [0.1, 0.15) is 24.5 Å². The van der Waals surface area contributed by atoms with Gasteiger partial charge in [-0.05, 0) is 66.6 Å². The number of amides is 1. The van der Waals surface area contributed by atoms with Gasteiger partial charge in [-0.2, -0.15) is 0 Å². The molecule has 1 aliphatic carbocycles. The van der Waals surface area contributed by atoms with E-state index in [1.165, 1.54) is 0 Å². The van der Waals surface area contributed by atoms with Crippen LogP contribution in [0, 0.1) is 5.92 Å². The number of hydrogen-bond donors (Lipinski definition) is 3. The number of aromatic nitrogens is 1. The van der Waals surface area contributed by atoms with Crippen molar-refractivity contribution in [2.45, 2.75) is 31.4 Å². The Hall–Kier alpha value is -2.74. The molecule has 3 aromatic rings. The van der Waals surface area contributed by atoms with E-state index in [9.17, 15) is 9.90 Å². The van der Waals surface area contributed by atoms with Crippen molar-refractivity contribution < 1.29 is 24.5 Å². The van der Waals surface area contributed by atoms with Crippen LogP contribution in [0.25, 0.3) is 10.9 Å². The van der Waals surface area contributed by atoms with Crippen molar-refractivity contribution >= 4 is 28.6 Å². The Kier molecular flexibility index (Phi) is 6.19. The molecule has 8 heteroatoms. The van der Waals surface area contributed by atoms with Crippen molar-refractivity contribution in [3.63, 3.8) is 0 Å². The molecular formula is C25H27ClN2O5. The van der Waals surface area contributed by atoms with Gasteiger partial charge in [0.25, 0.3) is 0 Å². The number of fused-ring (bicyclic) bond motifs is 3. The summed E-state index contributed by atoms with van der Waals surface area (Å²) in [6.45, 7) is 0.663. The number of aliphatic hydroxyl groups is 2. The van der Waals surface area contributed by atoms with E-state index >= 15 is 0 Å². The van der Waals surface area contributed by atoms with E-state index < -0.39 is 6.10 Å². The van der Waals surface area contributed by atoms with Crippen LogP contribution in [0.4, 0.5) is 4.79 Å². The lowest BCUT2D eigenvalue weighted by Crippen LogP contribution is -2.41. The molecule has 2 aromatic carbocycles. The highest BCUT2D eigenvalue weighted by molar-refractivity contribution is 6.31. The number of nitrogens with zero attached hydrogens (tertiary/aromatic N) is 1. The zero-order chi connectivity index (χ0) is 22.9. The molecule has 0 radical (unpaired) electrons. The molecule has 7 nitrogen and oxygen atoms in total. The van der Waals surface area contributed by atoms with Crippen LogP contribution in [0.5, 0.6) is 5.75 Å². The number of halogens is 1. The predicted molar refractivity (Wildman–Crippen MR) is 125 cm³/mol. The van der Waals surface area contributed by atoms with Gasteiger partial charge < -0.3 is 24.7 Å². The van der Waals surface area contributed by atoms with Crippen molar-refractivity contribution in [2.75, 3.05) is 26.4 Å². The standard InChI is InChI=1S/C25H27ClN2O5/c26-17-5-8-22-21(11-17)20-9-10-28(25(31)33-13-15-1-2-15)24(23(20)27-22)16-3-6-19(7-4-16)32-14-18(30)12-29/h3-8,11,15,18,24,27,29-30H,1-2,9-10,12-14H2/t18-,24-/m0/s1. The maximum atomic E-state index is 13.1. The van der Waals surface area contributed by atoms with E-state index in [4.69, 9.17) is 26.2 Å². The Morgan fingerprint density at radius 3 is 2.73 bits per heavy atom. The SMILES string of the molecule is O=C(OCC1CC1)N1CCc2c([nH]c3ccc(Cl)cc23)[C@@H]1c1ccc(OC[C@@H](O)CO)cc1. The van der Waals surface area contributed by atoms with Gasteiger partial charge in [0, 0.05) is 28.2 Å².